The van der Waals surface area contributed by atoms with Gasteiger partial charge in [-0.15, -0.1) is 0 Å². The summed E-state index contributed by atoms with van der Waals surface area (Å²) < 4.78 is 2.03. The maximum Gasteiger partial charge on any atom is 0.253 e. The zero-order valence-corrected chi connectivity index (χ0v) is 16.9. The summed E-state index contributed by atoms with van der Waals surface area (Å²) in [6.07, 6.45) is 3.99. The van der Waals surface area contributed by atoms with Crippen LogP contribution < -0.4 is 4.90 Å². The van der Waals surface area contributed by atoms with Gasteiger partial charge >= 0.3 is 0 Å². The monoisotopic (exact) mass is 397 g/mol. The van der Waals surface area contributed by atoms with Crippen molar-refractivity contribution in [2.75, 3.05) is 31.1 Å². The molecule has 1 fully saturated rings. The first kappa shape index (κ1) is 18.4. The zero-order chi connectivity index (χ0) is 20.5. The van der Waals surface area contributed by atoms with Crippen molar-refractivity contribution in [1.29, 1.82) is 0 Å². The van der Waals surface area contributed by atoms with Gasteiger partial charge < -0.3 is 14.4 Å². The molecule has 5 rings (SSSR count). The van der Waals surface area contributed by atoms with Crippen molar-refractivity contribution in [2.24, 2.45) is 0 Å². The fourth-order valence-electron chi connectivity index (χ4n) is 3.97. The van der Waals surface area contributed by atoms with Crippen LogP contribution in [0.1, 0.15) is 16.1 Å². The number of aromatic nitrogens is 3. The quantitative estimate of drug-likeness (QED) is 0.529. The SMILES string of the molecule is Cc1nc2ccccc2nc1N1CCN(C(=O)c2ccc(-n3cccc3)cc2)CC1. The lowest BCUT2D eigenvalue weighted by Gasteiger charge is -2.36. The first-order valence-electron chi connectivity index (χ1n) is 10.2. The normalized spacial score (nSPS) is 14.3. The molecule has 1 amide bonds. The van der Waals surface area contributed by atoms with Crippen molar-refractivity contribution in [3.05, 3.63) is 84.3 Å². The lowest BCUT2D eigenvalue weighted by atomic mass is 10.1. The fourth-order valence-corrected chi connectivity index (χ4v) is 3.97. The Morgan fingerprint density at radius 2 is 1.43 bits per heavy atom. The van der Waals surface area contributed by atoms with Gasteiger partial charge in [-0.25, -0.2) is 9.97 Å². The first-order valence-corrected chi connectivity index (χ1v) is 10.2. The van der Waals surface area contributed by atoms with Crippen LogP contribution in [0, 0.1) is 6.92 Å². The van der Waals surface area contributed by atoms with E-state index in [4.69, 9.17) is 9.97 Å². The largest absolute Gasteiger partial charge is 0.352 e. The molecule has 1 aliphatic heterocycles. The van der Waals surface area contributed by atoms with Gasteiger partial charge in [0, 0.05) is 49.8 Å². The minimum absolute atomic E-state index is 0.0787. The van der Waals surface area contributed by atoms with Crippen LogP contribution in [0.2, 0.25) is 0 Å². The third-order valence-electron chi connectivity index (χ3n) is 5.60. The molecule has 0 N–H and O–H groups in total. The summed E-state index contributed by atoms with van der Waals surface area (Å²) in [7, 11) is 0. The maximum absolute atomic E-state index is 13.0. The molecule has 0 unspecified atom stereocenters. The summed E-state index contributed by atoms with van der Waals surface area (Å²) >= 11 is 0. The number of amides is 1. The van der Waals surface area contributed by atoms with Gasteiger partial charge in [0.05, 0.1) is 16.7 Å². The standard InChI is InChI=1S/C24H23N5O/c1-18-23(26-22-7-3-2-6-21(22)25-18)28-14-16-29(17-15-28)24(30)19-8-10-20(11-9-19)27-12-4-5-13-27/h2-13H,14-17H2,1H3. The number of benzene rings is 2. The number of nitrogens with zero attached hydrogens (tertiary/aromatic N) is 5. The zero-order valence-electron chi connectivity index (χ0n) is 16.9. The second-order valence-electron chi connectivity index (χ2n) is 7.54. The van der Waals surface area contributed by atoms with E-state index in [9.17, 15) is 4.79 Å². The number of rotatable bonds is 3. The molecule has 2 aromatic heterocycles. The van der Waals surface area contributed by atoms with Gasteiger partial charge in [0.2, 0.25) is 0 Å². The van der Waals surface area contributed by atoms with Gasteiger partial charge in [0.1, 0.15) is 0 Å². The number of hydrogen-bond donors (Lipinski definition) is 0. The highest BCUT2D eigenvalue weighted by atomic mass is 16.2. The number of carbonyl (C=O) groups excluding carboxylic acids is 1. The van der Waals surface area contributed by atoms with Crippen molar-refractivity contribution in [2.45, 2.75) is 6.92 Å². The van der Waals surface area contributed by atoms with E-state index in [2.05, 4.69) is 4.90 Å². The second-order valence-corrected chi connectivity index (χ2v) is 7.54. The minimum atomic E-state index is 0.0787. The van der Waals surface area contributed by atoms with Gasteiger partial charge in [0.25, 0.3) is 5.91 Å². The maximum atomic E-state index is 13.0. The van der Waals surface area contributed by atoms with Crippen molar-refractivity contribution in [3.63, 3.8) is 0 Å². The molecular formula is C24H23N5O. The van der Waals surface area contributed by atoms with Crippen LogP contribution in [-0.2, 0) is 0 Å². The van der Waals surface area contributed by atoms with Gasteiger partial charge in [-0.3, -0.25) is 4.79 Å². The van der Waals surface area contributed by atoms with Crippen LogP contribution in [0.3, 0.4) is 0 Å². The van der Waals surface area contributed by atoms with E-state index in [1.807, 2.05) is 89.4 Å². The van der Waals surface area contributed by atoms with E-state index in [1.165, 1.54) is 0 Å². The predicted octanol–water partition coefficient (Wildman–Crippen LogP) is 3.69. The van der Waals surface area contributed by atoms with Crippen molar-refractivity contribution in [1.82, 2.24) is 19.4 Å². The molecular weight excluding hydrogens is 374 g/mol. The average molecular weight is 397 g/mol. The third kappa shape index (κ3) is 3.41. The van der Waals surface area contributed by atoms with Crippen LogP contribution >= 0.6 is 0 Å². The molecule has 0 radical (unpaired) electrons. The highest BCUT2D eigenvalue weighted by Gasteiger charge is 2.24. The van der Waals surface area contributed by atoms with Crippen molar-refractivity contribution in [3.8, 4) is 5.69 Å². The van der Waals surface area contributed by atoms with Gasteiger partial charge in [-0.1, -0.05) is 12.1 Å². The lowest BCUT2D eigenvalue weighted by molar-refractivity contribution is 0.0746. The summed E-state index contributed by atoms with van der Waals surface area (Å²) in [5, 5.41) is 0. The van der Waals surface area contributed by atoms with Gasteiger partial charge in [-0.05, 0) is 55.5 Å². The molecule has 0 atom stereocenters. The van der Waals surface area contributed by atoms with E-state index in [0.717, 1.165) is 46.9 Å². The lowest BCUT2D eigenvalue weighted by Crippen LogP contribution is -2.49. The number of carbonyl (C=O) groups is 1. The van der Waals surface area contributed by atoms with Crippen molar-refractivity contribution < 1.29 is 4.79 Å². The average Bonchev–Trinajstić information content (AvgIpc) is 3.33. The van der Waals surface area contributed by atoms with Crippen molar-refractivity contribution >= 4 is 22.8 Å². The van der Waals surface area contributed by atoms with E-state index in [-0.39, 0.29) is 5.91 Å². The minimum Gasteiger partial charge on any atom is -0.352 e. The van der Waals surface area contributed by atoms with E-state index in [1.54, 1.807) is 0 Å². The van der Waals surface area contributed by atoms with Crippen LogP contribution in [0.4, 0.5) is 5.82 Å². The molecule has 0 saturated carbocycles. The van der Waals surface area contributed by atoms with E-state index in [0.29, 0.717) is 13.1 Å². The Balaban J connectivity index is 1.28. The Morgan fingerprint density at radius 1 is 0.800 bits per heavy atom. The number of anilines is 1. The molecule has 3 heterocycles. The van der Waals surface area contributed by atoms with Gasteiger partial charge in [0.15, 0.2) is 5.82 Å². The summed E-state index contributed by atoms with van der Waals surface area (Å²) in [4.78, 5) is 26.6. The molecule has 30 heavy (non-hydrogen) atoms. The topological polar surface area (TPSA) is 54.3 Å². The van der Waals surface area contributed by atoms with E-state index < -0.39 is 0 Å². The summed E-state index contributed by atoms with van der Waals surface area (Å²) in [5.41, 5.74) is 4.51. The third-order valence-corrected chi connectivity index (χ3v) is 5.60. The predicted molar refractivity (Wildman–Crippen MR) is 118 cm³/mol. The Hall–Kier alpha value is -3.67. The molecule has 6 heteroatoms. The number of fused-ring (bicyclic) bond motifs is 1. The molecule has 0 aliphatic carbocycles. The number of aryl methyl sites for hydroxylation is 1. The molecule has 6 nitrogen and oxygen atoms in total. The van der Waals surface area contributed by atoms with E-state index >= 15 is 0 Å². The molecule has 0 bridgehead atoms. The smallest absolute Gasteiger partial charge is 0.253 e. The molecule has 150 valence electrons. The summed E-state index contributed by atoms with van der Waals surface area (Å²) in [6.45, 7) is 4.85. The molecule has 2 aromatic carbocycles. The Morgan fingerprint density at radius 3 is 2.10 bits per heavy atom. The molecule has 4 aromatic rings. The fraction of sp³-hybridized carbons (Fsp3) is 0.208. The molecule has 1 saturated heterocycles. The number of hydrogen-bond acceptors (Lipinski definition) is 4. The Kier molecular flexibility index (Phi) is 4.67. The molecule has 0 spiro atoms. The van der Waals surface area contributed by atoms with Crippen LogP contribution in [-0.4, -0.2) is 51.5 Å². The first-order chi connectivity index (χ1) is 14.7. The van der Waals surface area contributed by atoms with Crippen LogP contribution in [0.25, 0.3) is 16.7 Å². The summed E-state index contributed by atoms with van der Waals surface area (Å²) in [5.74, 6) is 0.992. The Bertz CT molecular complexity index is 1180. The second kappa shape index (κ2) is 7.63. The number of piperazine rings is 1. The van der Waals surface area contributed by atoms with Gasteiger partial charge in [-0.2, -0.15) is 0 Å². The highest BCUT2D eigenvalue weighted by molar-refractivity contribution is 5.94. The van der Waals surface area contributed by atoms with Crippen LogP contribution in [0.15, 0.2) is 73.1 Å². The highest BCUT2D eigenvalue weighted by Crippen LogP contribution is 2.22. The van der Waals surface area contributed by atoms with Crippen LogP contribution in [0.5, 0.6) is 0 Å². The number of para-hydroxylation sites is 2. The molecule has 1 aliphatic rings. The summed E-state index contributed by atoms with van der Waals surface area (Å²) in [6, 6.07) is 19.7. The Labute approximate surface area is 175 Å².